The number of piperidine rings is 1. The Labute approximate surface area is 207 Å². The molecule has 3 heterocycles. The second-order valence-electron chi connectivity index (χ2n) is 12.0. The third-order valence-electron chi connectivity index (χ3n) is 10.0. The maximum Gasteiger partial charge on any atom is 0.326 e. The predicted molar refractivity (Wildman–Crippen MR) is 137 cm³/mol. The van der Waals surface area contributed by atoms with Crippen LogP contribution in [0.15, 0.2) is 29.1 Å². The summed E-state index contributed by atoms with van der Waals surface area (Å²) in [6, 6.07) is 7.95. The maximum absolute atomic E-state index is 13.7. The van der Waals surface area contributed by atoms with Crippen molar-refractivity contribution in [2.75, 3.05) is 24.5 Å². The Balaban J connectivity index is 1.24. The van der Waals surface area contributed by atoms with Gasteiger partial charge in [0.1, 0.15) is 6.04 Å². The van der Waals surface area contributed by atoms with Crippen LogP contribution in [0.2, 0.25) is 0 Å². The standard InChI is InChI=1S/C28H38N4O3/c1-18-15-19-16-21(7-11-28(18,2)17-19)30-12-8-20(9-13-30)32-23-6-4-3-5-22(23)29-25(26(32)33)31-14-10-24(31)27(34)35/h3-6,18-21,24H,7-17H2,1-2H3,(H,34,35)/t18-,19-,21+,24+,28?/m1/s1. The van der Waals surface area contributed by atoms with Crippen LogP contribution in [0.1, 0.15) is 71.3 Å². The molecule has 0 radical (unpaired) electrons. The summed E-state index contributed by atoms with van der Waals surface area (Å²) < 4.78 is 1.93. The minimum atomic E-state index is -0.883. The van der Waals surface area contributed by atoms with E-state index in [9.17, 15) is 14.7 Å². The quantitative estimate of drug-likeness (QED) is 0.706. The zero-order chi connectivity index (χ0) is 24.3. The number of carboxylic acids is 1. The smallest absolute Gasteiger partial charge is 0.326 e. The molecular weight excluding hydrogens is 440 g/mol. The highest BCUT2D eigenvalue weighted by Crippen LogP contribution is 2.53. The van der Waals surface area contributed by atoms with Crippen molar-refractivity contribution in [3.8, 4) is 0 Å². The van der Waals surface area contributed by atoms with Gasteiger partial charge in [0.25, 0.3) is 5.56 Å². The Morgan fingerprint density at radius 1 is 1.06 bits per heavy atom. The van der Waals surface area contributed by atoms with E-state index in [1.807, 2.05) is 28.8 Å². The lowest BCUT2D eigenvalue weighted by Gasteiger charge is -2.41. The Morgan fingerprint density at radius 2 is 1.83 bits per heavy atom. The van der Waals surface area contributed by atoms with E-state index in [2.05, 4.69) is 23.7 Å². The second kappa shape index (κ2) is 8.61. The van der Waals surface area contributed by atoms with E-state index in [0.29, 0.717) is 30.2 Å². The van der Waals surface area contributed by atoms with E-state index < -0.39 is 12.0 Å². The number of fused-ring (bicyclic) bond motifs is 3. The van der Waals surface area contributed by atoms with Crippen LogP contribution in [-0.4, -0.2) is 57.2 Å². The van der Waals surface area contributed by atoms with Crippen molar-refractivity contribution in [1.29, 1.82) is 0 Å². The summed E-state index contributed by atoms with van der Waals surface area (Å²) in [6.07, 6.45) is 9.22. The van der Waals surface area contributed by atoms with Crippen LogP contribution < -0.4 is 10.5 Å². The lowest BCUT2D eigenvalue weighted by molar-refractivity contribution is -0.140. The van der Waals surface area contributed by atoms with E-state index >= 15 is 0 Å². The van der Waals surface area contributed by atoms with Crippen molar-refractivity contribution in [3.63, 3.8) is 0 Å². The molecule has 188 valence electrons. The first-order valence-electron chi connectivity index (χ1n) is 13.6. The third kappa shape index (κ3) is 3.87. The lowest BCUT2D eigenvalue weighted by atomic mass is 9.76. The number of aliphatic carboxylic acids is 1. The highest BCUT2D eigenvalue weighted by atomic mass is 16.4. The van der Waals surface area contributed by atoms with E-state index in [-0.39, 0.29) is 11.6 Å². The summed E-state index contributed by atoms with van der Waals surface area (Å²) in [7, 11) is 0. The maximum atomic E-state index is 13.7. The van der Waals surface area contributed by atoms with Gasteiger partial charge in [-0.3, -0.25) is 4.79 Å². The number of benzene rings is 1. The van der Waals surface area contributed by atoms with Gasteiger partial charge in [-0.15, -0.1) is 0 Å². The molecular formula is C28H38N4O3. The summed E-state index contributed by atoms with van der Waals surface area (Å²) in [5, 5.41) is 9.55. The molecule has 1 unspecified atom stereocenters. The largest absolute Gasteiger partial charge is 0.480 e. The number of aromatic nitrogens is 2. The zero-order valence-electron chi connectivity index (χ0n) is 21.0. The molecule has 4 aliphatic rings. The molecule has 1 aromatic heterocycles. The molecule has 6 rings (SSSR count). The van der Waals surface area contributed by atoms with Crippen molar-refractivity contribution < 1.29 is 9.90 Å². The number of hydrogen-bond donors (Lipinski definition) is 1. The molecule has 0 spiro atoms. The number of hydrogen-bond acceptors (Lipinski definition) is 5. The first kappa shape index (κ1) is 23.0. The topological polar surface area (TPSA) is 78.7 Å². The molecule has 2 aromatic rings. The minimum absolute atomic E-state index is 0.120. The molecule has 35 heavy (non-hydrogen) atoms. The molecule has 1 aromatic carbocycles. The lowest BCUT2D eigenvalue weighted by Crippen LogP contribution is -2.55. The predicted octanol–water partition coefficient (Wildman–Crippen LogP) is 4.30. The fourth-order valence-electron chi connectivity index (χ4n) is 7.68. The first-order valence-corrected chi connectivity index (χ1v) is 13.6. The fourth-order valence-corrected chi connectivity index (χ4v) is 7.68. The molecule has 0 amide bonds. The van der Waals surface area contributed by atoms with Crippen molar-refractivity contribution in [1.82, 2.24) is 14.5 Å². The van der Waals surface area contributed by atoms with Gasteiger partial charge >= 0.3 is 5.97 Å². The molecule has 5 atom stereocenters. The van der Waals surface area contributed by atoms with E-state index in [1.165, 1.54) is 32.1 Å². The number of para-hydroxylation sites is 2. The Hall–Kier alpha value is -2.41. The molecule has 1 N–H and O–H groups in total. The highest BCUT2D eigenvalue weighted by molar-refractivity contribution is 5.81. The number of carbonyl (C=O) groups is 1. The van der Waals surface area contributed by atoms with Crippen LogP contribution in [0, 0.1) is 17.3 Å². The van der Waals surface area contributed by atoms with Gasteiger partial charge in [0.05, 0.1) is 11.0 Å². The van der Waals surface area contributed by atoms with E-state index in [0.717, 1.165) is 48.8 Å². The van der Waals surface area contributed by atoms with Crippen molar-refractivity contribution in [3.05, 3.63) is 34.6 Å². The van der Waals surface area contributed by atoms with Gasteiger partial charge in [0.15, 0.2) is 5.82 Å². The summed E-state index contributed by atoms with van der Waals surface area (Å²) in [6.45, 7) is 7.58. The van der Waals surface area contributed by atoms with Crippen molar-refractivity contribution in [2.45, 2.75) is 83.3 Å². The number of anilines is 1. The Bertz CT molecular complexity index is 1190. The van der Waals surface area contributed by atoms with Crippen LogP contribution in [-0.2, 0) is 4.79 Å². The monoisotopic (exact) mass is 478 g/mol. The van der Waals surface area contributed by atoms with Gasteiger partial charge in [0.2, 0.25) is 0 Å². The normalized spacial score (nSPS) is 34.1. The van der Waals surface area contributed by atoms with Crippen molar-refractivity contribution >= 4 is 22.8 Å². The first-order chi connectivity index (χ1) is 16.8. The zero-order valence-corrected chi connectivity index (χ0v) is 21.0. The van der Waals surface area contributed by atoms with Crippen LogP contribution in [0.3, 0.4) is 0 Å². The number of likely N-dealkylation sites (tertiary alicyclic amines) is 1. The summed E-state index contributed by atoms with van der Waals surface area (Å²) in [5.41, 5.74) is 2.02. The van der Waals surface area contributed by atoms with Crippen molar-refractivity contribution in [2.24, 2.45) is 17.3 Å². The molecule has 2 aliphatic heterocycles. The van der Waals surface area contributed by atoms with Crippen LogP contribution in [0.25, 0.3) is 11.0 Å². The average molecular weight is 479 g/mol. The number of nitrogens with zero attached hydrogens (tertiary/aromatic N) is 4. The molecule has 4 fully saturated rings. The summed E-state index contributed by atoms with van der Waals surface area (Å²) in [4.78, 5) is 34.4. The molecule has 7 heteroatoms. The molecule has 7 nitrogen and oxygen atoms in total. The second-order valence-corrected chi connectivity index (χ2v) is 12.0. The van der Waals surface area contributed by atoms with Crippen LogP contribution >= 0.6 is 0 Å². The van der Waals surface area contributed by atoms with Gasteiger partial charge in [-0.1, -0.05) is 26.0 Å². The molecule has 2 aliphatic carbocycles. The van der Waals surface area contributed by atoms with E-state index in [4.69, 9.17) is 0 Å². The minimum Gasteiger partial charge on any atom is -0.480 e. The summed E-state index contributed by atoms with van der Waals surface area (Å²) >= 11 is 0. The highest BCUT2D eigenvalue weighted by Gasteiger charge is 2.45. The number of carboxylic acid groups (broad SMARTS) is 1. The van der Waals surface area contributed by atoms with Gasteiger partial charge in [-0.25, -0.2) is 9.78 Å². The molecule has 2 bridgehead atoms. The van der Waals surface area contributed by atoms with Gasteiger partial charge < -0.3 is 19.5 Å². The average Bonchev–Trinajstić information content (AvgIpc) is 2.97. The van der Waals surface area contributed by atoms with Crippen LogP contribution in [0.5, 0.6) is 0 Å². The van der Waals surface area contributed by atoms with Crippen LogP contribution in [0.4, 0.5) is 5.82 Å². The Morgan fingerprint density at radius 3 is 2.54 bits per heavy atom. The Kier molecular flexibility index (Phi) is 5.66. The summed E-state index contributed by atoms with van der Waals surface area (Å²) in [5.74, 6) is 1.14. The number of rotatable bonds is 4. The third-order valence-corrected chi connectivity index (χ3v) is 10.0. The van der Waals surface area contributed by atoms with Gasteiger partial charge in [-0.05, 0) is 80.8 Å². The fraction of sp³-hybridized carbons (Fsp3) is 0.679. The molecule has 2 saturated carbocycles. The van der Waals surface area contributed by atoms with Gasteiger partial charge in [0, 0.05) is 31.7 Å². The SMILES string of the molecule is C[C@@H]1C[C@@H]2C[C@@H](N3CCC(n4c(=O)c(N5CC[C@H]5C(=O)O)nc5ccccc54)CC3)CCC1(C)C2. The molecule has 2 saturated heterocycles. The van der Waals surface area contributed by atoms with E-state index in [1.54, 1.807) is 4.90 Å². The van der Waals surface area contributed by atoms with Gasteiger partial charge in [-0.2, -0.15) is 0 Å².